The van der Waals surface area contributed by atoms with Crippen LogP contribution in [0, 0.1) is 5.92 Å². The van der Waals surface area contributed by atoms with Crippen molar-refractivity contribution in [1.82, 2.24) is 10.2 Å². The zero-order chi connectivity index (χ0) is 18.0. The first-order chi connectivity index (χ1) is 12.0. The molecular formula is C19H26N2O4. The summed E-state index contributed by atoms with van der Waals surface area (Å²) in [6.07, 6.45) is 2.47. The van der Waals surface area contributed by atoms with E-state index in [1.54, 1.807) is 19.2 Å². The average molecular weight is 346 g/mol. The number of hydrogen-bond donors (Lipinski definition) is 1. The average Bonchev–Trinajstić information content (AvgIpc) is 2.62. The molecule has 0 aromatic heterocycles. The fraction of sp³-hybridized carbons (Fsp3) is 0.579. The minimum Gasteiger partial charge on any atom is -0.493 e. The summed E-state index contributed by atoms with van der Waals surface area (Å²) in [4.78, 5) is 27.0. The molecule has 2 bridgehead atoms. The van der Waals surface area contributed by atoms with Gasteiger partial charge >= 0.3 is 0 Å². The number of nitrogens with one attached hydrogen (secondary N) is 1. The Kier molecular flexibility index (Phi) is 5.27. The largest absolute Gasteiger partial charge is 0.493 e. The van der Waals surface area contributed by atoms with E-state index >= 15 is 0 Å². The van der Waals surface area contributed by atoms with E-state index in [1.165, 1.54) is 14.0 Å². The van der Waals surface area contributed by atoms with E-state index in [-0.39, 0.29) is 24.2 Å². The molecule has 1 unspecified atom stereocenters. The van der Waals surface area contributed by atoms with Crippen LogP contribution in [0.2, 0.25) is 0 Å². The summed E-state index contributed by atoms with van der Waals surface area (Å²) in [6.45, 7) is 4.71. The van der Waals surface area contributed by atoms with Gasteiger partial charge in [0.25, 0.3) is 0 Å². The third kappa shape index (κ3) is 3.79. The number of hydrogen-bond acceptors (Lipinski definition) is 5. The summed E-state index contributed by atoms with van der Waals surface area (Å²) < 4.78 is 10.6. The standard InChI is InChI=1S/C19H26N2O4/c1-12(22)15-10-18(25-3)17(24-2)8-14(15)9-19(23)20-16-11-21-6-4-13(16)5-7-21/h8,10,13,16H,4-7,9,11H2,1-3H3,(H,20,23). The van der Waals surface area contributed by atoms with Gasteiger partial charge in [0.05, 0.1) is 20.6 Å². The van der Waals surface area contributed by atoms with Crippen LogP contribution < -0.4 is 14.8 Å². The second-order valence-corrected chi connectivity index (χ2v) is 6.91. The van der Waals surface area contributed by atoms with Crippen molar-refractivity contribution in [2.45, 2.75) is 32.2 Å². The highest BCUT2D eigenvalue weighted by atomic mass is 16.5. The van der Waals surface area contributed by atoms with Gasteiger partial charge in [-0.05, 0) is 56.5 Å². The van der Waals surface area contributed by atoms with Gasteiger partial charge in [0.2, 0.25) is 5.91 Å². The molecule has 0 aliphatic carbocycles. The third-order valence-corrected chi connectivity index (χ3v) is 5.34. The van der Waals surface area contributed by atoms with Crippen LogP contribution in [0.3, 0.4) is 0 Å². The van der Waals surface area contributed by atoms with Gasteiger partial charge in [-0.25, -0.2) is 0 Å². The van der Waals surface area contributed by atoms with Crippen molar-refractivity contribution in [3.05, 3.63) is 23.3 Å². The molecule has 0 saturated carbocycles. The van der Waals surface area contributed by atoms with E-state index in [0.717, 1.165) is 32.5 Å². The zero-order valence-corrected chi connectivity index (χ0v) is 15.1. The lowest BCUT2D eigenvalue weighted by molar-refractivity contribution is -0.122. The lowest BCUT2D eigenvalue weighted by Gasteiger charge is -2.45. The van der Waals surface area contributed by atoms with E-state index in [2.05, 4.69) is 10.2 Å². The minimum atomic E-state index is -0.0911. The molecule has 6 heteroatoms. The number of fused-ring (bicyclic) bond motifs is 3. The fourth-order valence-electron chi connectivity index (χ4n) is 3.95. The maximum Gasteiger partial charge on any atom is 0.224 e. The number of Topliss-reactive ketones (excluding diaryl/α,β-unsaturated/α-hetero) is 1. The monoisotopic (exact) mass is 346 g/mol. The topological polar surface area (TPSA) is 67.9 Å². The summed E-state index contributed by atoms with van der Waals surface area (Å²) in [5.41, 5.74) is 1.17. The van der Waals surface area contributed by atoms with Gasteiger partial charge < -0.3 is 19.7 Å². The zero-order valence-electron chi connectivity index (χ0n) is 15.1. The van der Waals surface area contributed by atoms with Crippen LogP contribution in [-0.4, -0.2) is 56.5 Å². The Labute approximate surface area is 148 Å². The third-order valence-electron chi connectivity index (χ3n) is 5.34. The number of benzene rings is 1. The van der Waals surface area contributed by atoms with Crippen molar-refractivity contribution in [3.63, 3.8) is 0 Å². The fourth-order valence-corrected chi connectivity index (χ4v) is 3.95. The molecule has 1 aromatic carbocycles. The number of nitrogens with zero attached hydrogens (tertiary/aromatic N) is 1. The first-order valence-corrected chi connectivity index (χ1v) is 8.79. The molecule has 4 rings (SSSR count). The van der Waals surface area contributed by atoms with E-state index in [0.29, 0.717) is 28.5 Å². The number of carbonyl (C=O) groups excluding carboxylic acids is 2. The Balaban J connectivity index is 1.74. The highest BCUT2D eigenvalue weighted by Gasteiger charge is 2.34. The molecule has 3 fully saturated rings. The Morgan fingerprint density at radius 1 is 1.16 bits per heavy atom. The van der Waals surface area contributed by atoms with Crippen LogP contribution in [0.5, 0.6) is 11.5 Å². The SMILES string of the molecule is COc1cc(CC(=O)NC2CN3CCC2CC3)c(C(C)=O)cc1OC. The van der Waals surface area contributed by atoms with Gasteiger partial charge in [-0.2, -0.15) is 0 Å². The van der Waals surface area contributed by atoms with Gasteiger partial charge in [0, 0.05) is 18.2 Å². The Bertz CT molecular complexity index is 666. The minimum absolute atomic E-state index is 0.0477. The molecule has 6 nitrogen and oxygen atoms in total. The smallest absolute Gasteiger partial charge is 0.224 e. The first kappa shape index (κ1) is 17.7. The van der Waals surface area contributed by atoms with Crippen LogP contribution in [0.15, 0.2) is 12.1 Å². The van der Waals surface area contributed by atoms with Crippen molar-refractivity contribution < 1.29 is 19.1 Å². The quantitative estimate of drug-likeness (QED) is 0.794. The number of methoxy groups -OCH3 is 2. The van der Waals surface area contributed by atoms with Crippen LogP contribution in [0.1, 0.15) is 35.7 Å². The molecular weight excluding hydrogens is 320 g/mol. The molecule has 1 aromatic rings. The number of rotatable bonds is 6. The molecule has 1 amide bonds. The van der Waals surface area contributed by atoms with Gasteiger partial charge in [-0.3, -0.25) is 9.59 Å². The summed E-state index contributed by atoms with van der Waals surface area (Å²) in [6, 6.07) is 3.60. The van der Waals surface area contributed by atoms with Crippen molar-refractivity contribution in [1.29, 1.82) is 0 Å². The van der Waals surface area contributed by atoms with Crippen molar-refractivity contribution in [2.75, 3.05) is 33.9 Å². The number of carbonyl (C=O) groups is 2. The first-order valence-electron chi connectivity index (χ1n) is 8.79. The molecule has 136 valence electrons. The predicted molar refractivity (Wildman–Crippen MR) is 94.3 cm³/mol. The predicted octanol–water partition coefficient (Wildman–Crippen LogP) is 1.66. The van der Waals surface area contributed by atoms with Crippen molar-refractivity contribution >= 4 is 11.7 Å². The van der Waals surface area contributed by atoms with Crippen LogP contribution in [0.25, 0.3) is 0 Å². The molecule has 0 radical (unpaired) electrons. The molecule has 1 atom stereocenters. The summed E-state index contributed by atoms with van der Waals surface area (Å²) in [5.74, 6) is 1.46. The Morgan fingerprint density at radius 2 is 1.80 bits per heavy atom. The van der Waals surface area contributed by atoms with E-state index < -0.39 is 0 Å². The normalized spacial score (nSPS) is 24.7. The summed E-state index contributed by atoms with van der Waals surface area (Å²) in [5, 5.41) is 3.17. The number of piperidine rings is 3. The molecule has 0 spiro atoms. The number of amides is 1. The van der Waals surface area contributed by atoms with Gasteiger partial charge in [0.1, 0.15) is 0 Å². The highest BCUT2D eigenvalue weighted by Crippen LogP contribution is 2.31. The molecule has 3 aliphatic rings. The lowest BCUT2D eigenvalue weighted by atomic mass is 9.84. The van der Waals surface area contributed by atoms with Gasteiger partial charge in [-0.15, -0.1) is 0 Å². The Hall–Kier alpha value is -2.08. The number of ketones is 1. The molecule has 3 heterocycles. The van der Waals surface area contributed by atoms with Gasteiger partial charge in [0.15, 0.2) is 17.3 Å². The molecule has 25 heavy (non-hydrogen) atoms. The maximum absolute atomic E-state index is 12.6. The van der Waals surface area contributed by atoms with Crippen LogP contribution in [0.4, 0.5) is 0 Å². The molecule has 3 saturated heterocycles. The molecule has 3 aliphatic heterocycles. The van der Waals surface area contributed by atoms with E-state index in [9.17, 15) is 9.59 Å². The summed E-state index contributed by atoms with van der Waals surface area (Å²) in [7, 11) is 3.07. The summed E-state index contributed by atoms with van der Waals surface area (Å²) >= 11 is 0. The van der Waals surface area contributed by atoms with E-state index in [1.807, 2.05) is 0 Å². The van der Waals surface area contributed by atoms with Gasteiger partial charge in [-0.1, -0.05) is 0 Å². The second-order valence-electron chi connectivity index (χ2n) is 6.91. The lowest BCUT2D eigenvalue weighted by Crippen LogP contribution is -2.57. The molecule has 1 N–H and O–H groups in total. The van der Waals surface area contributed by atoms with Crippen molar-refractivity contribution in [2.24, 2.45) is 5.92 Å². The number of ether oxygens (including phenoxy) is 2. The van der Waals surface area contributed by atoms with Crippen LogP contribution in [-0.2, 0) is 11.2 Å². The maximum atomic E-state index is 12.6. The van der Waals surface area contributed by atoms with Crippen LogP contribution >= 0.6 is 0 Å². The highest BCUT2D eigenvalue weighted by molar-refractivity contribution is 5.97. The van der Waals surface area contributed by atoms with Crippen molar-refractivity contribution in [3.8, 4) is 11.5 Å². The van der Waals surface area contributed by atoms with E-state index in [4.69, 9.17) is 9.47 Å². The second kappa shape index (κ2) is 7.44. The Morgan fingerprint density at radius 3 is 2.32 bits per heavy atom.